The van der Waals surface area contributed by atoms with E-state index in [0.29, 0.717) is 0 Å². The maximum atomic E-state index is 3.53. The van der Waals surface area contributed by atoms with Crippen molar-refractivity contribution in [2.75, 3.05) is 31.5 Å². The van der Waals surface area contributed by atoms with Crippen molar-refractivity contribution in [3.8, 4) is 0 Å². The number of nitrogens with one attached hydrogen (secondary N) is 1. The summed E-state index contributed by atoms with van der Waals surface area (Å²) < 4.78 is 0. The van der Waals surface area contributed by atoms with Gasteiger partial charge in [0.05, 0.1) is 0 Å². The third kappa shape index (κ3) is 4.39. The summed E-state index contributed by atoms with van der Waals surface area (Å²) in [6, 6.07) is 6.45. The van der Waals surface area contributed by atoms with Crippen molar-refractivity contribution in [1.29, 1.82) is 0 Å². The molecular formula is C15H26N2. The van der Waals surface area contributed by atoms with Gasteiger partial charge in [-0.3, -0.25) is 0 Å². The van der Waals surface area contributed by atoms with Gasteiger partial charge < -0.3 is 10.2 Å². The smallest absolute Gasteiger partial charge is 0.0372 e. The van der Waals surface area contributed by atoms with Gasteiger partial charge in [-0.1, -0.05) is 26.0 Å². The van der Waals surface area contributed by atoms with Gasteiger partial charge in [-0.15, -0.1) is 0 Å². The highest BCUT2D eigenvalue weighted by molar-refractivity contribution is 5.53. The van der Waals surface area contributed by atoms with E-state index in [1.54, 1.807) is 0 Å². The van der Waals surface area contributed by atoms with E-state index in [1.807, 2.05) is 0 Å². The highest BCUT2D eigenvalue weighted by atomic mass is 15.1. The number of rotatable bonds is 7. The summed E-state index contributed by atoms with van der Waals surface area (Å²) in [5.74, 6) is 0. The summed E-state index contributed by atoms with van der Waals surface area (Å²) in [6.07, 6.45) is 1.20. The summed E-state index contributed by atoms with van der Waals surface area (Å²) in [5, 5.41) is 3.53. The van der Waals surface area contributed by atoms with Gasteiger partial charge in [0, 0.05) is 12.2 Å². The van der Waals surface area contributed by atoms with E-state index in [9.17, 15) is 0 Å². The van der Waals surface area contributed by atoms with Crippen LogP contribution in [0, 0.1) is 13.8 Å². The van der Waals surface area contributed by atoms with Gasteiger partial charge in [0.15, 0.2) is 0 Å². The van der Waals surface area contributed by atoms with Crippen LogP contribution in [-0.2, 0) is 0 Å². The van der Waals surface area contributed by atoms with Crippen LogP contribution >= 0.6 is 0 Å². The first-order chi connectivity index (χ1) is 8.19. The second-order valence-corrected chi connectivity index (χ2v) is 4.55. The molecule has 0 aliphatic heterocycles. The molecule has 0 saturated carbocycles. The fourth-order valence-corrected chi connectivity index (χ4v) is 2.01. The lowest BCUT2D eigenvalue weighted by Gasteiger charge is -2.18. The van der Waals surface area contributed by atoms with E-state index in [-0.39, 0.29) is 0 Å². The van der Waals surface area contributed by atoms with Crippen LogP contribution in [0.25, 0.3) is 0 Å². The van der Waals surface area contributed by atoms with Gasteiger partial charge in [0.2, 0.25) is 0 Å². The number of hydrogen-bond donors (Lipinski definition) is 1. The predicted octanol–water partition coefficient (Wildman–Crippen LogP) is 3.45. The molecule has 96 valence electrons. The zero-order valence-corrected chi connectivity index (χ0v) is 11.7. The molecule has 1 aromatic carbocycles. The molecule has 1 rings (SSSR count). The molecule has 2 heteroatoms. The number of hydrogen-bond acceptors (Lipinski definition) is 2. The Kier molecular flexibility index (Phi) is 6.06. The van der Waals surface area contributed by atoms with Gasteiger partial charge >= 0.3 is 0 Å². The Hall–Kier alpha value is -1.02. The molecule has 2 nitrogen and oxygen atoms in total. The first kappa shape index (κ1) is 14.0. The third-order valence-corrected chi connectivity index (χ3v) is 3.47. The van der Waals surface area contributed by atoms with Crippen LogP contribution in [0.2, 0.25) is 0 Å². The lowest BCUT2D eigenvalue weighted by molar-refractivity contribution is 0.303. The molecule has 0 saturated heterocycles. The van der Waals surface area contributed by atoms with Crippen molar-refractivity contribution in [1.82, 2.24) is 4.90 Å². The van der Waals surface area contributed by atoms with Crippen molar-refractivity contribution >= 4 is 5.69 Å². The Labute approximate surface area is 106 Å². The zero-order valence-electron chi connectivity index (χ0n) is 11.7. The van der Waals surface area contributed by atoms with Crippen LogP contribution in [0.15, 0.2) is 18.2 Å². The molecule has 0 heterocycles. The van der Waals surface area contributed by atoms with Crippen LogP contribution < -0.4 is 5.32 Å². The molecular weight excluding hydrogens is 208 g/mol. The average Bonchev–Trinajstić information content (AvgIpc) is 2.34. The molecule has 0 amide bonds. The van der Waals surface area contributed by atoms with Crippen LogP contribution in [-0.4, -0.2) is 31.1 Å². The summed E-state index contributed by atoms with van der Waals surface area (Å²) in [5.41, 5.74) is 4.01. The maximum Gasteiger partial charge on any atom is 0.0372 e. The third-order valence-electron chi connectivity index (χ3n) is 3.47. The monoisotopic (exact) mass is 234 g/mol. The second kappa shape index (κ2) is 7.33. The summed E-state index contributed by atoms with van der Waals surface area (Å²) in [7, 11) is 0. The van der Waals surface area contributed by atoms with Gasteiger partial charge in [-0.2, -0.15) is 0 Å². The van der Waals surface area contributed by atoms with E-state index in [1.165, 1.54) is 29.8 Å². The average molecular weight is 234 g/mol. The van der Waals surface area contributed by atoms with E-state index in [4.69, 9.17) is 0 Å². The second-order valence-electron chi connectivity index (χ2n) is 4.55. The molecule has 0 radical (unpaired) electrons. The number of aryl methyl sites for hydroxylation is 1. The molecule has 1 N–H and O–H groups in total. The first-order valence-corrected chi connectivity index (χ1v) is 6.71. The molecule has 0 fully saturated rings. The normalized spacial score (nSPS) is 10.9. The number of anilines is 1. The minimum atomic E-state index is 1.06. The van der Waals surface area contributed by atoms with Gasteiger partial charge in [-0.05, 0) is 57.1 Å². The molecule has 0 unspecified atom stereocenters. The molecule has 0 aliphatic carbocycles. The molecule has 0 spiro atoms. The quantitative estimate of drug-likeness (QED) is 0.727. The van der Waals surface area contributed by atoms with E-state index < -0.39 is 0 Å². The van der Waals surface area contributed by atoms with Gasteiger partial charge in [0.25, 0.3) is 0 Å². The zero-order chi connectivity index (χ0) is 12.7. The van der Waals surface area contributed by atoms with Crippen LogP contribution in [0.4, 0.5) is 5.69 Å². The molecule has 17 heavy (non-hydrogen) atoms. The van der Waals surface area contributed by atoms with Crippen LogP contribution in [0.3, 0.4) is 0 Å². The topological polar surface area (TPSA) is 15.3 Å². The molecule has 0 aliphatic rings. The highest BCUT2D eigenvalue weighted by Crippen LogP contribution is 2.17. The van der Waals surface area contributed by atoms with E-state index in [0.717, 1.165) is 19.6 Å². The standard InChI is InChI=1S/C15H26N2/c1-5-17(6-2)12-8-11-16-15-10-7-9-13(3)14(15)4/h7,9-10,16H,5-6,8,11-12H2,1-4H3. The Morgan fingerprint density at radius 1 is 1.12 bits per heavy atom. The van der Waals surface area contributed by atoms with Gasteiger partial charge in [-0.25, -0.2) is 0 Å². The van der Waals surface area contributed by atoms with Crippen LogP contribution in [0.5, 0.6) is 0 Å². The molecule has 0 aromatic heterocycles. The Balaban J connectivity index is 2.33. The van der Waals surface area contributed by atoms with Crippen molar-refractivity contribution in [2.45, 2.75) is 34.1 Å². The lowest BCUT2D eigenvalue weighted by Crippen LogP contribution is -2.25. The fourth-order valence-electron chi connectivity index (χ4n) is 2.01. The molecule has 0 atom stereocenters. The van der Waals surface area contributed by atoms with Gasteiger partial charge in [0.1, 0.15) is 0 Å². The number of nitrogens with zero attached hydrogens (tertiary/aromatic N) is 1. The summed E-state index contributed by atoms with van der Waals surface area (Å²) in [6.45, 7) is 13.3. The van der Waals surface area contributed by atoms with Crippen molar-refractivity contribution in [3.63, 3.8) is 0 Å². The van der Waals surface area contributed by atoms with E-state index in [2.05, 4.69) is 56.1 Å². The minimum Gasteiger partial charge on any atom is -0.385 e. The van der Waals surface area contributed by atoms with Crippen molar-refractivity contribution < 1.29 is 0 Å². The highest BCUT2D eigenvalue weighted by Gasteiger charge is 2.01. The SMILES string of the molecule is CCN(CC)CCCNc1cccc(C)c1C. The Morgan fingerprint density at radius 3 is 2.47 bits per heavy atom. The van der Waals surface area contributed by atoms with Crippen LogP contribution in [0.1, 0.15) is 31.4 Å². The maximum absolute atomic E-state index is 3.53. The van der Waals surface area contributed by atoms with Crippen molar-refractivity contribution in [2.24, 2.45) is 0 Å². The molecule has 1 aromatic rings. The Morgan fingerprint density at radius 2 is 1.82 bits per heavy atom. The largest absolute Gasteiger partial charge is 0.385 e. The number of benzene rings is 1. The van der Waals surface area contributed by atoms with Crippen molar-refractivity contribution in [3.05, 3.63) is 29.3 Å². The summed E-state index contributed by atoms with van der Waals surface area (Å²) in [4.78, 5) is 2.46. The van der Waals surface area contributed by atoms with E-state index >= 15 is 0 Å². The first-order valence-electron chi connectivity index (χ1n) is 6.71. The Bertz CT molecular complexity index is 330. The minimum absolute atomic E-state index is 1.06. The summed E-state index contributed by atoms with van der Waals surface area (Å²) >= 11 is 0. The predicted molar refractivity (Wildman–Crippen MR) is 76.8 cm³/mol. The fraction of sp³-hybridized carbons (Fsp3) is 0.600. The molecule has 0 bridgehead atoms. The lowest BCUT2D eigenvalue weighted by atomic mass is 10.1.